The average molecular weight is 423 g/mol. The van der Waals surface area contributed by atoms with Gasteiger partial charge in [-0.15, -0.1) is 0 Å². The molecule has 10 heteroatoms. The summed E-state index contributed by atoms with van der Waals surface area (Å²) in [5.74, 6) is 1.36. The van der Waals surface area contributed by atoms with Crippen molar-refractivity contribution < 1.29 is 18.0 Å². The number of rotatable bonds is 4. The molecule has 1 aliphatic rings. The van der Waals surface area contributed by atoms with Crippen LogP contribution in [0.5, 0.6) is 0 Å². The summed E-state index contributed by atoms with van der Waals surface area (Å²) in [4.78, 5) is 37.1. The van der Waals surface area contributed by atoms with Crippen LogP contribution in [0.15, 0.2) is 29.2 Å². The van der Waals surface area contributed by atoms with Gasteiger partial charge in [0.2, 0.25) is 5.91 Å². The van der Waals surface area contributed by atoms with E-state index in [4.69, 9.17) is 0 Å². The molecule has 1 amide bonds. The van der Waals surface area contributed by atoms with E-state index in [-0.39, 0.29) is 5.92 Å². The molecule has 2 aromatic rings. The summed E-state index contributed by atoms with van der Waals surface area (Å²) in [7, 11) is 0. The van der Waals surface area contributed by atoms with Crippen molar-refractivity contribution in [3.05, 3.63) is 51.8 Å². The molecule has 0 atom stereocenters. The van der Waals surface area contributed by atoms with Gasteiger partial charge in [0.1, 0.15) is 18.2 Å². The highest BCUT2D eigenvalue weighted by Gasteiger charge is 2.31. The van der Waals surface area contributed by atoms with Crippen LogP contribution in [0.2, 0.25) is 0 Å². The normalized spacial score (nSPS) is 15.0. The van der Waals surface area contributed by atoms with E-state index in [0.717, 1.165) is 34.0 Å². The zero-order chi connectivity index (χ0) is 22.1. The smallest absolute Gasteiger partial charge is 0.353 e. The quantitative estimate of drug-likeness (QED) is 0.756. The van der Waals surface area contributed by atoms with Crippen LogP contribution in [0, 0.1) is 6.92 Å². The van der Waals surface area contributed by atoms with Gasteiger partial charge < -0.3 is 14.4 Å². The lowest BCUT2D eigenvalue weighted by molar-refractivity contribution is -0.138. The van der Waals surface area contributed by atoms with Crippen molar-refractivity contribution in [3.8, 4) is 0 Å². The van der Waals surface area contributed by atoms with Crippen molar-refractivity contribution in [2.45, 2.75) is 39.4 Å². The Balaban J connectivity index is 1.66. The van der Waals surface area contributed by atoms with Gasteiger partial charge in [0.15, 0.2) is 0 Å². The third-order valence-corrected chi connectivity index (χ3v) is 4.95. The Kier molecular flexibility index (Phi) is 6.14. The third-order valence-electron chi connectivity index (χ3n) is 4.95. The SMILES string of the molecule is Cc1cc(N2CCN(C(=O)Cn3cc(C(F)(F)F)ccc3=O)CC2)nc(C(C)C)n1. The number of alkyl halides is 3. The molecular weight excluding hydrogens is 399 g/mol. The fourth-order valence-corrected chi connectivity index (χ4v) is 3.25. The number of aryl methyl sites for hydroxylation is 1. The van der Waals surface area contributed by atoms with E-state index in [9.17, 15) is 22.8 Å². The number of amides is 1. The molecular formula is C20H24F3N5O2. The van der Waals surface area contributed by atoms with Crippen LogP contribution >= 0.6 is 0 Å². The number of carbonyl (C=O) groups is 1. The monoisotopic (exact) mass is 423 g/mol. The van der Waals surface area contributed by atoms with Crippen molar-refractivity contribution in [3.63, 3.8) is 0 Å². The van der Waals surface area contributed by atoms with Gasteiger partial charge in [-0.1, -0.05) is 13.8 Å². The van der Waals surface area contributed by atoms with Crippen molar-refractivity contribution >= 4 is 11.7 Å². The fraction of sp³-hybridized carbons (Fsp3) is 0.500. The summed E-state index contributed by atoms with van der Waals surface area (Å²) >= 11 is 0. The maximum absolute atomic E-state index is 12.9. The van der Waals surface area contributed by atoms with Crippen molar-refractivity contribution in [2.75, 3.05) is 31.1 Å². The van der Waals surface area contributed by atoms with Gasteiger partial charge in [-0.25, -0.2) is 9.97 Å². The first-order valence-corrected chi connectivity index (χ1v) is 9.70. The van der Waals surface area contributed by atoms with Gasteiger partial charge in [0.05, 0.1) is 5.56 Å². The largest absolute Gasteiger partial charge is 0.417 e. The number of aromatic nitrogens is 3. The van der Waals surface area contributed by atoms with E-state index < -0.39 is 29.8 Å². The lowest BCUT2D eigenvalue weighted by atomic mass is 10.2. The van der Waals surface area contributed by atoms with E-state index in [1.165, 1.54) is 0 Å². The maximum Gasteiger partial charge on any atom is 0.417 e. The van der Waals surface area contributed by atoms with E-state index in [2.05, 4.69) is 14.9 Å². The first-order valence-electron chi connectivity index (χ1n) is 9.70. The molecule has 0 N–H and O–H groups in total. The molecule has 1 aliphatic heterocycles. The second-order valence-electron chi connectivity index (χ2n) is 7.63. The van der Waals surface area contributed by atoms with Crippen LogP contribution in [0.1, 0.15) is 36.8 Å². The first kappa shape index (κ1) is 21.8. The first-order chi connectivity index (χ1) is 14.0. The van der Waals surface area contributed by atoms with Crippen LogP contribution in [0.4, 0.5) is 19.0 Å². The topological polar surface area (TPSA) is 71.3 Å². The number of anilines is 1. The molecule has 2 aromatic heterocycles. The molecule has 0 aliphatic carbocycles. The molecule has 162 valence electrons. The van der Waals surface area contributed by atoms with Crippen molar-refractivity contribution in [1.29, 1.82) is 0 Å². The minimum Gasteiger partial charge on any atom is -0.353 e. The molecule has 0 aromatic carbocycles. The summed E-state index contributed by atoms with van der Waals surface area (Å²) in [6, 6.07) is 3.44. The van der Waals surface area contributed by atoms with E-state index in [0.29, 0.717) is 32.4 Å². The number of carbonyl (C=O) groups excluding carboxylic acids is 1. The average Bonchev–Trinajstić information content (AvgIpc) is 2.68. The lowest BCUT2D eigenvalue weighted by Crippen LogP contribution is -2.50. The second kappa shape index (κ2) is 8.45. The number of hydrogen-bond acceptors (Lipinski definition) is 5. The molecule has 1 saturated heterocycles. The van der Waals surface area contributed by atoms with Crippen LogP contribution < -0.4 is 10.5 Å². The standard InChI is InChI=1S/C20H24F3N5O2/c1-13(2)19-24-14(3)10-16(25-19)26-6-8-27(9-7-26)18(30)12-28-11-15(20(21,22)23)4-5-17(28)29/h4-5,10-11,13H,6-9,12H2,1-3H3. The predicted molar refractivity (Wildman–Crippen MR) is 105 cm³/mol. The maximum atomic E-state index is 12.9. The zero-order valence-corrected chi connectivity index (χ0v) is 17.1. The Hall–Kier alpha value is -2.91. The summed E-state index contributed by atoms with van der Waals surface area (Å²) in [5.41, 5.74) is -0.737. The Morgan fingerprint density at radius 1 is 1.13 bits per heavy atom. The molecule has 3 rings (SSSR count). The molecule has 0 saturated carbocycles. The van der Waals surface area contributed by atoms with Crippen LogP contribution in [0.25, 0.3) is 0 Å². The van der Waals surface area contributed by atoms with Crippen LogP contribution in [0.3, 0.4) is 0 Å². The molecule has 1 fully saturated rings. The van der Waals surface area contributed by atoms with Gasteiger partial charge in [0, 0.05) is 56.1 Å². The van der Waals surface area contributed by atoms with E-state index in [1.807, 2.05) is 26.8 Å². The molecule has 0 radical (unpaired) electrons. The highest BCUT2D eigenvalue weighted by molar-refractivity contribution is 5.76. The number of piperazine rings is 1. The van der Waals surface area contributed by atoms with Crippen LogP contribution in [-0.2, 0) is 17.5 Å². The van der Waals surface area contributed by atoms with E-state index in [1.54, 1.807) is 4.90 Å². The Morgan fingerprint density at radius 3 is 2.40 bits per heavy atom. The van der Waals surface area contributed by atoms with Gasteiger partial charge in [0.25, 0.3) is 5.56 Å². The number of hydrogen-bond donors (Lipinski definition) is 0. The van der Waals surface area contributed by atoms with Gasteiger partial charge in [-0.05, 0) is 13.0 Å². The predicted octanol–water partition coefficient (Wildman–Crippen LogP) is 2.44. The molecule has 0 unspecified atom stereocenters. The minimum absolute atomic E-state index is 0.192. The van der Waals surface area contributed by atoms with Gasteiger partial charge in [-0.3, -0.25) is 9.59 Å². The molecule has 3 heterocycles. The molecule has 0 spiro atoms. The highest BCUT2D eigenvalue weighted by atomic mass is 19.4. The van der Waals surface area contributed by atoms with E-state index >= 15 is 0 Å². The molecule has 0 bridgehead atoms. The highest BCUT2D eigenvalue weighted by Crippen LogP contribution is 2.28. The fourth-order valence-electron chi connectivity index (χ4n) is 3.25. The Labute approximate surface area is 172 Å². The lowest BCUT2D eigenvalue weighted by Gasteiger charge is -2.35. The molecule has 7 nitrogen and oxygen atoms in total. The third kappa shape index (κ3) is 4.98. The number of halogens is 3. The van der Waals surface area contributed by atoms with Gasteiger partial charge in [-0.2, -0.15) is 13.2 Å². The number of nitrogens with zero attached hydrogens (tertiary/aromatic N) is 5. The Bertz CT molecular complexity index is 979. The summed E-state index contributed by atoms with van der Waals surface area (Å²) in [6.07, 6.45) is -3.89. The Morgan fingerprint density at radius 2 is 1.80 bits per heavy atom. The number of pyridine rings is 1. The minimum atomic E-state index is -4.57. The van der Waals surface area contributed by atoms with Crippen molar-refractivity contribution in [1.82, 2.24) is 19.4 Å². The van der Waals surface area contributed by atoms with Gasteiger partial charge >= 0.3 is 6.18 Å². The molecule has 30 heavy (non-hydrogen) atoms. The summed E-state index contributed by atoms with van der Waals surface area (Å²) < 4.78 is 39.4. The van der Waals surface area contributed by atoms with Crippen LogP contribution in [-0.4, -0.2) is 51.5 Å². The summed E-state index contributed by atoms with van der Waals surface area (Å²) in [5, 5.41) is 0. The second-order valence-corrected chi connectivity index (χ2v) is 7.63. The zero-order valence-electron chi connectivity index (χ0n) is 17.1. The van der Waals surface area contributed by atoms with Crippen molar-refractivity contribution in [2.24, 2.45) is 0 Å². The summed E-state index contributed by atoms with van der Waals surface area (Å²) in [6.45, 7) is 7.39.